The third kappa shape index (κ3) is 3.01. The zero-order chi connectivity index (χ0) is 13.1. The van der Waals surface area contributed by atoms with Crippen molar-refractivity contribution in [1.82, 2.24) is 9.97 Å². The van der Waals surface area contributed by atoms with E-state index in [0.717, 1.165) is 11.5 Å². The average Bonchev–Trinajstić information content (AvgIpc) is 2.33. The van der Waals surface area contributed by atoms with Crippen LogP contribution in [-0.2, 0) is 5.75 Å². The normalized spacial score (nSPS) is 10.6. The van der Waals surface area contributed by atoms with Gasteiger partial charge in [0.25, 0.3) is 5.56 Å². The lowest BCUT2D eigenvalue weighted by molar-refractivity contribution is 0.942. The van der Waals surface area contributed by atoms with E-state index in [4.69, 9.17) is 0 Å². The van der Waals surface area contributed by atoms with Crippen molar-refractivity contribution in [2.45, 2.75) is 31.4 Å². The van der Waals surface area contributed by atoms with Gasteiger partial charge in [0.05, 0.1) is 5.75 Å². The van der Waals surface area contributed by atoms with Gasteiger partial charge >= 0.3 is 0 Å². The van der Waals surface area contributed by atoms with Gasteiger partial charge in [-0.2, -0.15) is 0 Å². The molecule has 0 aliphatic heterocycles. The fourth-order valence-corrected chi connectivity index (χ4v) is 2.51. The number of rotatable bonds is 3. The molecule has 1 aromatic heterocycles. The number of benzene rings is 1. The van der Waals surface area contributed by atoms with Crippen LogP contribution in [-0.4, -0.2) is 9.97 Å². The SMILES string of the molecule is Cc1cccc(SCc2nc(C)c(C)c(=O)[nH]2)c1. The van der Waals surface area contributed by atoms with Gasteiger partial charge in [0.2, 0.25) is 0 Å². The van der Waals surface area contributed by atoms with Gasteiger partial charge in [-0.3, -0.25) is 4.79 Å². The highest BCUT2D eigenvalue weighted by Crippen LogP contribution is 2.21. The average molecular weight is 260 g/mol. The zero-order valence-electron chi connectivity index (χ0n) is 10.8. The minimum Gasteiger partial charge on any atom is -0.310 e. The number of H-pyrrole nitrogens is 1. The Morgan fingerprint density at radius 2 is 2.06 bits per heavy atom. The molecule has 0 atom stereocenters. The number of thioether (sulfide) groups is 1. The lowest BCUT2D eigenvalue weighted by atomic mass is 10.2. The largest absolute Gasteiger partial charge is 0.310 e. The highest BCUT2D eigenvalue weighted by atomic mass is 32.2. The van der Waals surface area contributed by atoms with Crippen LogP contribution < -0.4 is 5.56 Å². The van der Waals surface area contributed by atoms with Crippen LogP contribution in [0.1, 0.15) is 22.6 Å². The molecule has 2 aromatic rings. The Balaban J connectivity index is 2.14. The van der Waals surface area contributed by atoms with Gasteiger partial charge in [-0.1, -0.05) is 17.7 Å². The number of nitrogens with zero attached hydrogens (tertiary/aromatic N) is 1. The van der Waals surface area contributed by atoms with Crippen LogP contribution in [0.3, 0.4) is 0 Å². The summed E-state index contributed by atoms with van der Waals surface area (Å²) in [6, 6.07) is 8.30. The third-order valence-corrected chi connectivity index (χ3v) is 3.81. The highest BCUT2D eigenvalue weighted by Gasteiger charge is 2.04. The molecule has 0 saturated heterocycles. The summed E-state index contributed by atoms with van der Waals surface area (Å²) >= 11 is 1.68. The van der Waals surface area contributed by atoms with E-state index in [1.807, 2.05) is 13.0 Å². The summed E-state index contributed by atoms with van der Waals surface area (Å²) in [5, 5.41) is 0. The fourth-order valence-electron chi connectivity index (χ4n) is 1.63. The zero-order valence-corrected chi connectivity index (χ0v) is 11.6. The van der Waals surface area contributed by atoms with Crippen LogP contribution in [0.15, 0.2) is 34.0 Å². The molecule has 3 nitrogen and oxygen atoms in total. The second-order valence-corrected chi connectivity index (χ2v) is 5.38. The van der Waals surface area contributed by atoms with Crippen LogP contribution in [0.4, 0.5) is 0 Å². The van der Waals surface area contributed by atoms with Gasteiger partial charge < -0.3 is 4.98 Å². The number of nitrogens with one attached hydrogen (secondary N) is 1. The van der Waals surface area contributed by atoms with Crippen molar-refractivity contribution in [2.75, 3.05) is 0 Å². The molecule has 1 aromatic carbocycles. The van der Waals surface area contributed by atoms with Crippen molar-refractivity contribution in [2.24, 2.45) is 0 Å². The molecule has 0 spiro atoms. The molecule has 94 valence electrons. The van der Waals surface area contributed by atoms with E-state index in [-0.39, 0.29) is 5.56 Å². The Kier molecular flexibility index (Phi) is 3.87. The van der Waals surface area contributed by atoms with Gasteiger partial charge in [0.1, 0.15) is 5.82 Å². The van der Waals surface area contributed by atoms with Crippen molar-refractivity contribution in [1.29, 1.82) is 0 Å². The van der Waals surface area contributed by atoms with Crippen molar-refractivity contribution in [3.05, 3.63) is 57.3 Å². The molecule has 0 aliphatic rings. The summed E-state index contributed by atoms with van der Waals surface area (Å²) in [7, 11) is 0. The van der Waals surface area contributed by atoms with Gasteiger partial charge in [-0.15, -0.1) is 11.8 Å². The predicted octanol–water partition coefficient (Wildman–Crippen LogP) is 2.99. The van der Waals surface area contributed by atoms with Gasteiger partial charge in [0.15, 0.2) is 0 Å². The van der Waals surface area contributed by atoms with E-state index in [1.165, 1.54) is 10.5 Å². The molecule has 0 saturated carbocycles. The summed E-state index contributed by atoms with van der Waals surface area (Å²) in [5.74, 6) is 1.41. The minimum atomic E-state index is -0.0395. The monoisotopic (exact) mass is 260 g/mol. The molecule has 1 heterocycles. The number of hydrogen-bond acceptors (Lipinski definition) is 3. The Bertz CT molecular complexity index is 619. The summed E-state index contributed by atoms with van der Waals surface area (Å²) in [4.78, 5) is 20.0. The number of aryl methyl sites for hydroxylation is 2. The van der Waals surface area contributed by atoms with Gasteiger partial charge in [-0.25, -0.2) is 4.98 Å². The summed E-state index contributed by atoms with van der Waals surface area (Å²) in [6.45, 7) is 5.73. The molecular formula is C14H16N2OS. The van der Waals surface area contributed by atoms with Gasteiger partial charge in [0, 0.05) is 16.2 Å². The molecule has 0 bridgehead atoms. The van der Waals surface area contributed by atoms with E-state index in [9.17, 15) is 4.79 Å². The maximum absolute atomic E-state index is 11.6. The van der Waals surface area contributed by atoms with Crippen LogP contribution in [0.25, 0.3) is 0 Å². The van der Waals surface area contributed by atoms with Crippen molar-refractivity contribution in [3.63, 3.8) is 0 Å². The van der Waals surface area contributed by atoms with E-state index in [2.05, 4.69) is 35.1 Å². The lowest BCUT2D eigenvalue weighted by Gasteiger charge is -2.05. The first kappa shape index (κ1) is 12.9. The van der Waals surface area contributed by atoms with Crippen LogP contribution in [0.2, 0.25) is 0 Å². The molecule has 2 rings (SSSR count). The Morgan fingerprint density at radius 1 is 1.28 bits per heavy atom. The van der Waals surface area contributed by atoms with E-state index in [0.29, 0.717) is 11.3 Å². The predicted molar refractivity (Wildman–Crippen MR) is 75.1 cm³/mol. The Labute approximate surface area is 111 Å². The Hall–Kier alpha value is -1.55. The first-order chi connectivity index (χ1) is 8.56. The highest BCUT2D eigenvalue weighted by molar-refractivity contribution is 7.98. The maximum atomic E-state index is 11.6. The van der Waals surface area contributed by atoms with Crippen molar-refractivity contribution in [3.8, 4) is 0 Å². The van der Waals surface area contributed by atoms with Crippen LogP contribution >= 0.6 is 11.8 Å². The molecule has 0 aliphatic carbocycles. The second kappa shape index (κ2) is 5.40. The van der Waals surface area contributed by atoms with Gasteiger partial charge in [-0.05, 0) is 32.9 Å². The number of aromatic nitrogens is 2. The molecule has 0 fully saturated rings. The smallest absolute Gasteiger partial charge is 0.254 e. The summed E-state index contributed by atoms with van der Waals surface area (Å²) in [6.07, 6.45) is 0. The summed E-state index contributed by atoms with van der Waals surface area (Å²) in [5.41, 5.74) is 2.70. The number of hydrogen-bond donors (Lipinski definition) is 1. The molecule has 0 radical (unpaired) electrons. The molecule has 18 heavy (non-hydrogen) atoms. The lowest BCUT2D eigenvalue weighted by Crippen LogP contribution is -2.15. The quantitative estimate of drug-likeness (QED) is 0.863. The number of aromatic amines is 1. The van der Waals surface area contributed by atoms with E-state index in [1.54, 1.807) is 18.7 Å². The first-order valence-electron chi connectivity index (χ1n) is 5.82. The third-order valence-electron chi connectivity index (χ3n) is 2.81. The molecule has 1 N–H and O–H groups in total. The summed E-state index contributed by atoms with van der Waals surface area (Å²) < 4.78 is 0. The molecular weight excluding hydrogens is 244 g/mol. The second-order valence-electron chi connectivity index (χ2n) is 4.33. The molecule has 0 amide bonds. The van der Waals surface area contributed by atoms with E-state index >= 15 is 0 Å². The first-order valence-corrected chi connectivity index (χ1v) is 6.80. The van der Waals surface area contributed by atoms with Crippen molar-refractivity contribution < 1.29 is 0 Å². The molecule has 0 unspecified atom stereocenters. The topological polar surface area (TPSA) is 45.8 Å². The van der Waals surface area contributed by atoms with Crippen molar-refractivity contribution >= 4 is 11.8 Å². The van der Waals surface area contributed by atoms with Crippen LogP contribution in [0, 0.1) is 20.8 Å². The minimum absolute atomic E-state index is 0.0395. The maximum Gasteiger partial charge on any atom is 0.254 e. The fraction of sp³-hybridized carbons (Fsp3) is 0.286. The molecule has 4 heteroatoms. The standard InChI is InChI=1S/C14H16N2OS/c1-9-5-4-6-12(7-9)18-8-13-15-11(3)10(2)14(17)16-13/h4-7H,8H2,1-3H3,(H,15,16,17). The van der Waals surface area contributed by atoms with E-state index < -0.39 is 0 Å². The Morgan fingerprint density at radius 3 is 2.72 bits per heavy atom. The van der Waals surface area contributed by atoms with Crippen LogP contribution in [0.5, 0.6) is 0 Å².